The van der Waals surface area contributed by atoms with Gasteiger partial charge in [-0.15, -0.1) is 0 Å². The van der Waals surface area contributed by atoms with E-state index < -0.39 is 0 Å². The number of carbonyl (C=O) groups excluding carboxylic acids is 1. The Morgan fingerprint density at radius 2 is 2.23 bits per heavy atom. The molecule has 0 unspecified atom stereocenters. The molecule has 1 rings (SSSR count). The molecule has 0 aliphatic rings. The number of rotatable bonds is 3. The first kappa shape index (κ1) is 9.86. The molecule has 0 aliphatic heterocycles. The lowest BCUT2D eigenvalue weighted by Crippen LogP contribution is -2.09. The lowest BCUT2D eigenvalue weighted by atomic mass is 10.0. The minimum Gasteiger partial charge on any atom is -0.330 e. The molecule has 0 aromatic heterocycles. The van der Waals surface area contributed by atoms with Crippen molar-refractivity contribution in [2.24, 2.45) is 5.73 Å². The zero-order valence-corrected chi connectivity index (χ0v) is 7.51. The summed E-state index contributed by atoms with van der Waals surface area (Å²) in [5, 5.41) is 0. The number of benzene rings is 1. The maximum Gasteiger partial charge on any atom is 0.164 e. The van der Waals surface area contributed by atoms with Gasteiger partial charge in [0.15, 0.2) is 5.78 Å². The number of ketones is 1. The summed E-state index contributed by atoms with van der Waals surface area (Å²) >= 11 is 0. The van der Waals surface area contributed by atoms with E-state index >= 15 is 0 Å². The zero-order valence-electron chi connectivity index (χ0n) is 7.51. The van der Waals surface area contributed by atoms with E-state index in [2.05, 4.69) is 0 Å². The molecule has 0 aliphatic carbocycles. The van der Waals surface area contributed by atoms with Crippen molar-refractivity contribution in [2.45, 2.75) is 13.3 Å². The third kappa shape index (κ3) is 2.36. The summed E-state index contributed by atoms with van der Waals surface area (Å²) in [7, 11) is 0. The van der Waals surface area contributed by atoms with Crippen LogP contribution >= 0.6 is 0 Å². The fraction of sp³-hybridized carbons (Fsp3) is 0.300. The predicted molar refractivity (Wildman–Crippen MR) is 49.1 cm³/mol. The Morgan fingerprint density at radius 1 is 1.54 bits per heavy atom. The molecule has 0 spiro atoms. The number of carbonyl (C=O) groups is 1. The molecule has 2 nitrogen and oxygen atoms in total. The van der Waals surface area contributed by atoms with Gasteiger partial charge in [0, 0.05) is 12.0 Å². The lowest BCUT2D eigenvalue weighted by molar-refractivity contribution is 0.0985. The Hall–Kier alpha value is -1.22. The van der Waals surface area contributed by atoms with E-state index in [1.807, 2.05) is 0 Å². The normalized spacial score (nSPS) is 10.1. The first-order valence-electron chi connectivity index (χ1n) is 4.14. The van der Waals surface area contributed by atoms with E-state index in [0.717, 1.165) is 0 Å². The van der Waals surface area contributed by atoms with Gasteiger partial charge in [0.2, 0.25) is 0 Å². The average molecular weight is 181 g/mol. The number of hydrogen-bond donors (Lipinski definition) is 1. The quantitative estimate of drug-likeness (QED) is 0.721. The largest absolute Gasteiger partial charge is 0.330 e. The molecule has 0 heterocycles. The van der Waals surface area contributed by atoms with Gasteiger partial charge in [-0.05, 0) is 37.2 Å². The Balaban J connectivity index is 2.95. The second-order valence-electron chi connectivity index (χ2n) is 2.92. The van der Waals surface area contributed by atoms with Crippen molar-refractivity contribution < 1.29 is 9.18 Å². The summed E-state index contributed by atoms with van der Waals surface area (Å²) in [6.07, 6.45) is 0.312. The molecule has 13 heavy (non-hydrogen) atoms. The van der Waals surface area contributed by atoms with Gasteiger partial charge in [-0.2, -0.15) is 0 Å². The van der Waals surface area contributed by atoms with E-state index in [1.54, 1.807) is 6.92 Å². The summed E-state index contributed by atoms with van der Waals surface area (Å²) in [5.74, 6) is -0.346. The Labute approximate surface area is 76.6 Å². The fourth-order valence-electron chi connectivity index (χ4n) is 1.21. The standard InChI is InChI=1S/C10H12FNO/c1-7-6-8(11)2-3-9(7)10(13)4-5-12/h2-3,6H,4-5,12H2,1H3. The topological polar surface area (TPSA) is 43.1 Å². The van der Waals surface area contributed by atoms with E-state index in [9.17, 15) is 9.18 Å². The summed E-state index contributed by atoms with van der Waals surface area (Å²) in [5.41, 5.74) is 6.48. The zero-order chi connectivity index (χ0) is 9.84. The molecule has 0 radical (unpaired) electrons. The van der Waals surface area contributed by atoms with Crippen molar-refractivity contribution in [1.29, 1.82) is 0 Å². The predicted octanol–water partition coefficient (Wildman–Crippen LogP) is 1.67. The van der Waals surface area contributed by atoms with Crippen LogP contribution in [0.5, 0.6) is 0 Å². The molecule has 0 bridgehead atoms. The smallest absolute Gasteiger partial charge is 0.164 e. The van der Waals surface area contributed by atoms with Crippen LogP contribution in [-0.4, -0.2) is 12.3 Å². The molecule has 2 N–H and O–H groups in total. The van der Waals surface area contributed by atoms with Crippen LogP contribution in [0.15, 0.2) is 18.2 Å². The van der Waals surface area contributed by atoms with Gasteiger partial charge >= 0.3 is 0 Å². The molecule has 0 fully saturated rings. The monoisotopic (exact) mass is 181 g/mol. The van der Waals surface area contributed by atoms with Crippen molar-refractivity contribution in [2.75, 3.05) is 6.54 Å². The second-order valence-corrected chi connectivity index (χ2v) is 2.92. The highest BCUT2D eigenvalue weighted by atomic mass is 19.1. The average Bonchev–Trinajstić information content (AvgIpc) is 2.04. The first-order valence-corrected chi connectivity index (χ1v) is 4.14. The van der Waals surface area contributed by atoms with Crippen molar-refractivity contribution >= 4 is 5.78 Å². The number of hydrogen-bond acceptors (Lipinski definition) is 2. The van der Waals surface area contributed by atoms with E-state index in [-0.39, 0.29) is 11.6 Å². The van der Waals surface area contributed by atoms with Crippen LogP contribution < -0.4 is 5.73 Å². The third-order valence-electron chi connectivity index (χ3n) is 1.86. The van der Waals surface area contributed by atoms with Crippen LogP contribution in [-0.2, 0) is 0 Å². The maximum atomic E-state index is 12.7. The molecule has 0 atom stereocenters. The summed E-state index contributed by atoms with van der Waals surface area (Å²) in [6.45, 7) is 2.04. The molecule has 3 heteroatoms. The van der Waals surface area contributed by atoms with E-state index in [0.29, 0.717) is 24.1 Å². The molecule has 0 amide bonds. The highest BCUT2D eigenvalue weighted by Crippen LogP contribution is 2.11. The fourth-order valence-corrected chi connectivity index (χ4v) is 1.21. The molecule has 0 saturated carbocycles. The third-order valence-corrected chi connectivity index (χ3v) is 1.86. The minimum atomic E-state index is -0.318. The van der Waals surface area contributed by atoms with Crippen LogP contribution in [0, 0.1) is 12.7 Å². The second kappa shape index (κ2) is 4.14. The Kier molecular flexibility index (Phi) is 3.14. The van der Waals surface area contributed by atoms with Gasteiger partial charge in [0.05, 0.1) is 0 Å². The Bertz CT molecular complexity index is 323. The molecule has 1 aromatic rings. The van der Waals surface area contributed by atoms with E-state index in [4.69, 9.17) is 5.73 Å². The molecule has 0 saturated heterocycles. The van der Waals surface area contributed by atoms with Gasteiger partial charge in [-0.1, -0.05) is 0 Å². The van der Waals surface area contributed by atoms with E-state index in [1.165, 1.54) is 18.2 Å². The summed E-state index contributed by atoms with van der Waals surface area (Å²) < 4.78 is 12.7. The van der Waals surface area contributed by atoms with Gasteiger partial charge in [0.1, 0.15) is 5.82 Å². The lowest BCUT2D eigenvalue weighted by Gasteiger charge is -2.03. The number of aryl methyl sites for hydroxylation is 1. The van der Waals surface area contributed by atoms with Crippen molar-refractivity contribution in [3.05, 3.63) is 35.1 Å². The molecular weight excluding hydrogens is 169 g/mol. The van der Waals surface area contributed by atoms with Crippen molar-refractivity contribution in [1.82, 2.24) is 0 Å². The molecule has 70 valence electrons. The molecule has 1 aromatic carbocycles. The minimum absolute atomic E-state index is 0.0278. The van der Waals surface area contributed by atoms with Crippen LogP contribution in [0.3, 0.4) is 0 Å². The van der Waals surface area contributed by atoms with Gasteiger partial charge < -0.3 is 5.73 Å². The number of halogens is 1. The van der Waals surface area contributed by atoms with Gasteiger partial charge in [0.25, 0.3) is 0 Å². The SMILES string of the molecule is Cc1cc(F)ccc1C(=O)CCN. The molecular formula is C10H12FNO. The van der Waals surface area contributed by atoms with Crippen molar-refractivity contribution in [3.63, 3.8) is 0 Å². The maximum absolute atomic E-state index is 12.7. The Morgan fingerprint density at radius 3 is 2.77 bits per heavy atom. The van der Waals surface area contributed by atoms with Gasteiger partial charge in [-0.3, -0.25) is 4.79 Å². The van der Waals surface area contributed by atoms with Gasteiger partial charge in [-0.25, -0.2) is 4.39 Å². The first-order chi connectivity index (χ1) is 6.15. The van der Waals surface area contributed by atoms with Crippen LogP contribution in [0.2, 0.25) is 0 Å². The van der Waals surface area contributed by atoms with Crippen LogP contribution in [0.25, 0.3) is 0 Å². The highest BCUT2D eigenvalue weighted by molar-refractivity contribution is 5.97. The summed E-state index contributed by atoms with van der Waals surface area (Å²) in [6, 6.07) is 4.14. The van der Waals surface area contributed by atoms with Crippen LogP contribution in [0.1, 0.15) is 22.3 Å². The van der Waals surface area contributed by atoms with Crippen molar-refractivity contribution in [3.8, 4) is 0 Å². The number of nitrogens with two attached hydrogens (primary N) is 1. The summed E-state index contributed by atoms with van der Waals surface area (Å²) in [4.78, 5) is 11.4. The highest BCUT2D eigenvalue weighted by Gasteiger charge is 2.07. The van der Waals surface area contributed by atoms with Crippen LogP contribution in [0.4, 0.5) is 4.39 Å². The number of Topliss-reactive ketones (excluding diaryl/α,β-unsaturated/α-hetero) is 1.